The third-order valence-corrected chi connectivity index (χ3v) is 3.84. The number of aromatic nitrogens is 2. The van der Waals surface area contributed by atoms with Crippen LogP contribution in [0, 0.1) is 0 Å². The lowest BCUT2D eigenvalue weighted by Gasteiger charge is -2.31. The first-order chi connectivity index (χ1) is 11.9. The molecule has 1 saturated heterocycles. The van der Waals surface area contributed by atoms with Gasteiger partial charge in [-0.05, 0) is 18.2 Å². The molecule has 25 heavy (non-hydrogen) atoms. The molecule has 0 radical (unpaired) electrons. The van der Waals surface area contributed by atoms with Crippen molar-refractivity contribution < 1.29 is 22.7 Å². The molecular formula is C16H17F3N4O2. The normalized spacial score (nSPS) is 15.2. The summed E-state index contributed by atoms with van der Waals surface area (Å²) >= 11 is 0. The maximum Gasteiger partial charge on any atom is 0.416 e. The summed E-state index contributed by atoms with van der Waals surface area (Å²) in [6.45, 7) is 2.05. The Balaban J connectivity index is 1.85. The average molecular weight is 354 g/mol. The molecule has 1 N–H and O–H groups in total. The van der Waals surface area contributed by atoms with E-state index in [1.54, 1.807) is 6.20 Å². The molecule has 0 saturated carbocycles. The summed E-state index contributed by atoms with van der Waals surface area (Å²) in [5.74, 6) is -0.424. The first-order valence-electron chi connectivity index (χ1n) is 7.73. The lowest BCUT2D eigenvalue weighted by molar-refractivity contribution is -0.137. The van der Waals surface area contributed by atoms with E-state index in [1.807, 2.05) is 4.90 Å². The number of imidazole rings is 1. The molecule has 1 aromatic heterocycles. The Morgan fingerprint density at radius 3 is 2.68 bits per heavy atom. The van der Waals surface area contributed by atoms with Crippen LogP contribution in [0.5, 0.6) is 0 Å². The Kier molecular flexibility index (Phi) is 4.93. The highest BCUT2D eigenvalue weighted by Gasteiger charge is 2.31. The van der Waals surface area contributed by atoms with Gasteiger partial charge in [-0.3, -0.25) is 4.79 Å². The van der Waals surface area contributed by atoms with Crippen molar-refractivity contribution in [1.82, 2.24) is 9.55 Å². The lowest BCUT2D eigenvalue weighted by Crippen LogP contribution is -2.37. The number of hydrogen-bond acceptors (Lipinski definition) is 4. The minimum atomic E-state index is -4.48. The van der Waals surface area contributed by atoms with Gasteiger partial charge >= 0.3 is 6.18 Å². The van der Waals surface area contributed by atoms with E-state index in [4.69, 9.17) is 4.74 Å². The van der Waals surface area contributed by atoms with Crippen molar-refractivity contribution >= 4 is 17.3 Å². The molecule has 0 spiro atoms. The zero-order valence-electron chi connectivity index (χ0n) is 13.3. The van der Waals surface area contributed by atoms with Crippen LogP contribution in [-0.2, 0) is 22.3 Å². The molecule has 1 aromatic carbocycles. The van der Waals surface area contributed by atoms with Crippen molar-refractivity contribution in [2.75, 3.05) is 36.5 Å². The van der Waals surface area contributed by atoms with E-state index in [0.29, 0.717) is 32.0 Å². The maximum atomic E-state index is 13.0. The highest BCUT2D eigenvalue weighted by Crippen LogP contribution is 2.35. The molecule has 0 unspecified atom stereocenters. The molecule has 1 amide bonds. The van der Waals surface area contributed by atoms with E-state index in [1.165, 1.54) is 23.2 Å². The standard InChI is InChI=1S/C16H17F3N4O2/c17-16(18,19)12-1-2-14(23-5-7-25-8-6-23)13(9-12)21-15(24)10-22-4-3-20-11-22/h1-4,9,11H,5-8,10H2,(H,21,24). The number of rotatable bonds is 4. The van der Waals surface area contributed by atoms with Gasteiger partial charge in [0.25, 0.3) is 0 Å². The third-order valence-electron chi connectivity index (χ3n) is 3.84. The number of carbonyl (C=O) groups is 1. The van der Waals surface area contributed by atoms with Crippen LogP contribution >= 0.6 is 0 Å². The zero-order valence-corrected chi connectivity index (χ0v) is 13.3. The van der Waals surface area contributed by atoms with Gasteiger partial charge in [0.05, 0.1) is 36.5 Å². The van der Waals surface area contributed by atoms with Crippen LogP contribution in [0.2, 0.25) is 0 Å². The predicted molar refractivity (Wildman–Crippen MR) is 85.3 cm³/mol. The number of hydrogen-bond donors (Lipinski definition) is 1. The Morgan fingerprint density at radius 1 is 1.28 bits per heavy atom. The van der Waals surface area contributed by atoms with Crippen molar-refractivity contribution in [3.05, 3.63) is 42.5 Å². The molecule has 6 nitrogen and oxygen atoms in total. The molecule has 1 aliphatic heterocycles. The van der Waals surface area contributed by atoms with Gasteiger partial charge in [-0.2, -0.15) is 13.2 Å². The van der Waals surface area contributed by atoms with Crippen LogP contribution in [0.15, 0.2) is 36.9 Å². The topological polar surface area (TPSA) is 59.4 Å². The predicted octanol–water partition coefficient (Wildman–Crippen LogP) is 2.38. The second-order valence-electron chi connectivity index (χ2n) is 5.61. The van der Waals surface area contributed by atoms with Crippen molar-refractivity contribution in [3.63, 3.8) is 0 Å². The molecular weight excluding hydrogens is 337 g/mol. The van der Waals surface area contributed by atoms with Crippen LogP contribution in [0.1, 0.15) is 5.56 Å². The summed E-state index contributed by atoms with van der Waals surface area (Å²) < 4.78 is 45.9. The van der Waals surface area contributed by atoms with Crippen molar-refractivity contribution in [1.29, 1.82) is 0 Å². The van der Waals surface area contributed by atoms with Crippen molar-refractivity contribution in [2.24, 2.45) is 0 Å². The highest BCUT2D eigenvalue weighted by molar-refractivity contribution is 5.94. The number of nitrogens with one attached hydrogen (secondary N) is 1. The van der Waals surface area contributed by atoms with Gasteiger partial charge in [0, 0.05) is 25.5 Å². The van der Waals surface area contributed by atoms with Gasteiger partial charge in [-0.1, -0.05) is 0 Å². The molecule has 2 heterocycles. The number of amides is 1. The van der Waals surface area contributed by atoms with Crippen LogP contribution < -0.4 is 10.2 Å². The van der Waals surface area contributed by atoms with E-state index >= 15 is 0 Å². The summed E-state index contributed by atoms with van der Waals surface area (Å²) in [4.78, 5) is 17.9. The Bertz CT molecular complexity index is 725. The molecule has 0 bridgehead atoms. The van der Waals surface area contributed by atoms with Gasteiger partial charge < -0.3 is 19.5 Å². The number of anilines is 2. The quantitative estimate of drug-likeness (QED) is 0.916. The molecule has 1 fully saturated rings. The third kappa shape index (κ3) is 4.30. The zero-order chi connectivity index (χ0) is 17.9. The van der Waals surface area contributed by atoms with E-state index in [9.17, 15) is 18.0 Å². The minimum Gasteiger partial charge on any atom is -0.378 e. The number of halogens is 3. The average Bonchev–Trinajstić information content (AvgIpc) is 3.07. The largest absolute Gasteiger partial charge is 0.416 e. The molecule has 134 valence electrons. The number of benzene rings is 1. The highest BCUT2D eigenvalue weighted by atomic mass is 19.4. The van der Waals surface area contributed by atoms with Crippen LogP contribution in [0.4, 0.5) is 24.5 Å². The second kappa shape index (κ2) is 7.14. The van der Waals surface area contributed by atoms with Gasteiger partial charge in [0.15, 0.2) is 0 Å². The fourth-order valence-corrected chi connectivity index (χ4v) is 2.63. The van der Waals surface area contributed by atoms with E-state index in [-0.39, 0.29) is 12.2 Å². The van der Waals surface area contributed by atoms with Gasteiger partial charge in [0.1, 0.15) is 6.54 Å². The van der Waals surface area contributed by atoms with E-state index in [0.717, 1.165) is 12.1 Å². The monoisotopic (exact) mass is 354 g/mol. The molecule has 0 aliphatic carbocycles. The SMILES string of the molecule is O=C(Cn1ccnc1)Nc1cc(C(F)(F)F)ccc1N1CCOCC1. The number of nitrogens with zero attached hydrogens (tertiary/aromatic N) is 3. The van der Waals surface area contributed by atoms with Crippen LogP contribution in [-0.4, -0.2) is 41.8 Å². The number of ether oxygens (including phenoxy) is 1. The summed E-state index contributed by atoms with van der Waals surface area (Å²) in [7, 11) is 0. The number of morpholine rings is 1. The minimum absolute atomic E-state index is 0.0290. The molecule has 9 heteroatoms. The second-order valence-corrected chi connectivity index (χ2v) is 5.61. The van der Waals surface area contributed by atoms with Gasteiger partial charge in [0.2, 0.25) is 5.91 Å². The van der Waals surface area contributed by atoms with Gasteiger partial charge in [-0.15, -0.1) is 0 Å². The summed E-state index contributed by atoms with van der Waals surface area (Å²) in [6.07, 6.45) is 0.118. The first kappa shape index (κ1) is 17.3. The van der Waals surface area contributed by atoms with Crippen molar-refractivity contribution in [3.8, 4) is 0 Å². The summed E-state index contributed by atoms with van der Waals surface area (Å²) in [6, 6.07) is 3.38. The van der Waals surface area contributed by atoms with Crippen LogP contribution in [0.3, 0.4) is 0 Å². The molecule has 0 atom stereocenters. The summed E-state index contributed by atoms with van der Waals surface area (Å²) in [5.41, 5.74) is -0.112. The Hall–Kier alpha value is -2.55. The lowest BCUT2D eigenvalue weighted by atomic mass is 10.1. The van der Waals surface area contributed by atoms with Gasteiger partial charge in [-0.25, -0.2) is 4.98 Å². The Labute approximate surface area is 142 Å². The number of alkyl halides is 3. The van der Waals surface area contributed by atoms with E-state index < -0.39 is 17.6 Å². The smallest absolute Gasteiger partial charge is 0.378 e. The van der Waals surface area contributed by atoms with E-state index in [2.05, 4.69) is 10.3 Å². The maximum absolute atomic E-state index is 13.0. The molecule has 2 aromatic rings. The summed E-state index contributed by atoms with van der Waals surface area (Å²) in [5, 5.41) is 2.59. The van der Waals surface area contributed by atoms with Crippen LogP contribution in [0.25, 0.3) is 0 Å². The van der Waals surface area contributed by atoms with Crippen molar-refractivity contribution in [2.45, 2.75) is 12.7 Å². The first-order valence-corrected chi connectivity index (χ1v) is 7.73. The Morgan fingerprint density at radius 2 is 2.04 bits per heavy atom. The fraction of sp³-hybridized carbons (Fsp3) is 0.375. The molecule has 3 rings (SSSR count). The number of carbonyl (C=O) groups excluding carboxylic acids is 1. The fourth-order valence-electron chi connectivity index (χ4n) is 2.63. The molecule has 1 aliphatic rings.